The van der Waals surface area contributed by atoms with Gasteiger partial charge in [-0.3, -0.25) is 4.79 Å². The number of carbonyl (C=O) groups excluding carboxylic acids is 3. The van der Waals surface area contributed by atoms with Gasteiger partial charge in [-0.25, -0.2) is 14.3 Å². The van der Waals surface area contributed by atoms with Crippen molar-refractivity contribution in [3.05, 3.63) is 17.8 Å². The second-order valence-corrected chi connectivity index (χ2v) is 12.2. The Bertz CT molecular complexity index is 1110. The summed E-state index contributed by atoms with van der Waals surface area (Å²) in [5.41, 5.74) is 5.06. The third-order valence-electron chi connectivity index (χ3n) is 8.78. The number of methoxy groups -OCH3 is 1. The van der Waals surface area contributed by atoms with E-state index in [4.69, 9.17) is 19.9 Å². The second kappa shape index (κ2) is 10.7. The number of hydrogen-bond donors (Lipinski definition) is 3. The van der Waals surface area contributed by atoms with Crippen LogP contribution in [0.25, 0.3) is 6.20 Å². The van der Waals surface area contributed by atoms with Crippen LogP contribution in [0.15, 0.2) is 12.3 Å². The standard InChI is InChI=1S/C27H40N6O6/c1-26(2,31-25(36)37-3)4-5-33-23(32-6-8-38-9-7-32)20(15-29-33)22(34)30-21-18-10-17-11-19(21)14-27(12-17,13-18)16-39-24(28)35/h4-5,15,17-19,21H,6-14,16H2,1-3H3,(H2,28,35)(H,30,34)(H,31,36). The summed E-state index contributed by atoms with van der Waals surface area (Å²) in [7, 11) is 1.32. The molecule has 4 bridgehead atoms. The molecule has 6 rings (SSSR count). The number of nitrogens with zero attached hydrogens (tertiary/aromatic N) is 3. The monoisotopic (exact) mass is 544 g/mol. The summed E-state index contributed by atoms with van der Waals surface area (Å²) >= 11 is 0. The molecule has 39 heavy (non-hydrogen) atoms. The zero-order valence-electron chi connectivity index (χ0n) is 23.0. The molecule has 12 nitrogen and oxygen atoms in total. The van der Waals surface area contributed by atoms with E-state index in [-0.39, 0.29) is 17.4 Å². The number of hydrogen-bond acceptors (Lipinski definition) is 8. The van der Waals surface area contributed by atoms with Gasteiger partial charge in [-0.1, -0.05) is 0 Å². The van der Waals surface area contributed by atoms with E-state index in [1.54, 1.807) is 17.1 Å². The molecule has 3 amide bonds. The highest BCUT2D eigenvalue weighted by Crippen LogP contribution is 2.60. The average Bonchev–Trinajstić information content (AvgIpc) is 3.32. The molecule has 4 aliphatic carbocycles. The van der Waals surface area contributed by atoms with Gasteiger partial charge >= 0.3 is 12.2 Å². The molecule has 12 heteroatoms. The predicted octanol–water partition coefficient (Wildman–Crippen LogP) is 2.35. The normalized spacial score (nSPS) is 29.9. The summed E-state index contributed by atoms with van der Waals surface area (Å²) in [6.07, 6.45) is 9.03. The lowest BCUT2D eigenvalue weighted by atomic mass is 9.48. The van der Waals surface area contributed by atoms with E-state index in [0.717, 1.165) is 32.1 Å². The fraction of sp³-hybridized carbons (Fsp3) is 0.704. The molecule has 2 unspecified atom stereocenters. The maximum absolute atomic E-state index is 13.8. The quantitative estimate of drug-likeness (QED) is 0.451. The number of amides is 3. The van der Waals surface area contributed by atoms with E-state index in [1.165, 1.54) is 7.11 Å². The molecule has 2 heterocycles. The van der Waals surface area contributed by atoms with Crippen molar-refractivity contribution in [1.82, 2.24) is 20.4 Å². The lowest BCUT2D eigenvalue weighted by Crippen LogP contribution is -2.60. The van der Waals surface area contributed by atoms with E-state index < -0.39 is 17.7 Å². The van der Waals surface area contributed by atoms with Crippen LogP contribution in [0.4, 0.5) is 15.4 Å². The molecule has 2 atom stereocenters. The maximum atomic E-state index is 13.8. The predicted molar refractivity (Wildman–Crippen MR) is 143 cm³/mol. The first kappa shape index (κ1) is 27.3. The van der Waals surface area contributed by atoms with E-state index in [9.17, 15) is 14.4 Å². The number of alkyl carbamates (subject to hydrolysis) is 1. The number of morpholine rings is 1. The number of nitrogens with one attached hydrogen (secondary N) is 2. The minimum atomic E-state index is -0.721. The Labute approximate surface area is 228 Å². The Morgan fingerprint density at radius 2 is 1.90 bits per heavy atom. The third-order valence-corrected chi connectivity index (χ3v) is 8.78. The minimum absolute atomic E-state index is 0.0214. The van der Waals surface area contributed by atoms with Gasteiger partial charge in [-0.05, 0) is 69.8 Å². The highest BCUT2D eigenvalue weighted by atomic mass is 16.5. The Hall–Kier alpha value is -3.28. The molecule has 0 spiro atoms. The maximum Gasteiger partial charge on any atom is 0.407 e. The molecule has 1 aliphatic heterocycles. The summed E-state index contributed by atoms with van der Waals surface area (Å²) in [6, 6.07) is 0.0790. The van der Waals surface area contributed by atoms with Crippen molar-refractivity contribution in [2.45, 2.75) is 57.5 Å². The number of carbonyl (C=O) groups is 3. The fourth-order valence-corrected chi connectivity index (χ4v) is 7.39. The minimum Gasteiger partial charge on any atom is -0.453 e. The van der Waals surface area contributed by atoms with E-state index in [1.807, 2.05) is 19.9 Å². The van der Waals surface area contributed by atoms with Crippen LogP contribution in [0.1, 0.15) is 56.3 Å². The van der Waals surface area contributed by atoms with Gasteiger partial charge in [-0.15, -0.1) is 0 Å². The van der Waals surface area contributed by atoms with Crippen LogP contribution in [0.2, 0.25) is 0 Å². The van der Waals surface area contributed by atoms with Crippen LogP contribution < -0.4 is 21.3 Å². The largest absolute Gasteiger partial charge is 0.453 e. The Kier molecular flexibility index (Phi) is 7.49. The van der Waals surface area contributed by atoms with Crippen LogP contribution in [0.3, 0.4) is 0 Å². The molecule has 214 valence electrons. The number of anilines is 1. The zero-order chi connectivity index (χ0) is 27.8. The molecule has 0 aromatic carbocycles. The highest BCUT2D eigenvalue weighted by molar-refractivity contribution is 5.99. The molecule has 4 N–H and O–H groups in total. The molecule has 0 radical (unpaired) electrons. The first-order chi connectivity index (χ1) is 18.6. The number of rotatable bonds is 8. The average molecular weight is 545 g/mol. The summed E-state index contributed by atoms with van der Waals surface area (Å²) in [6.45, 7) is 6.47. The highest BCUT2D eigenvalue weighted by Gasteiger charge is 2.56. The van der Waals surface area contributed by atoms with Gasteiger partial charge in [0.1, 0.15) is 11.4 Å². The van der Waals surface area contributed by atoms with Gasteiger partial charge in [-0.2, -0.15) is 5.10 Å². The van der Waals surface area contributed by atoms with Crippen LogP contribution in [-0.2, 0) is 14.2 Å². The smallest absolute Gasteiger partial charge is 0.407 e. The number of aromatic nitrogens is 2. The lowest BCUT2D eigenvalue weighted by molar-refractivity contribution is -0.0977. The van der Waals surface area contributed by atoms with Gasteiger partial charge in [0.2, 0.25) is 0 Å². The van der Waals surface area contributed by atoms with E-state index >= 15 is 0 Å². The zero-order valence-corrected chi connectivity index (χ0v) is 23.0. The Balaban J connectivity index is 1.35. The van der Waals surface area contributed by atoms with Crippen LogP contribution in [0.5, 0.6) is 0 Å². The van der Waals surface area contributed by atoms with Crippen LogP contribution >= 0.6 is 0 Å². The summed E-state index contributed by atoms with van der Waals surface area (Å²) < 4.78 is 17.2. The van der Waals surface area contributed by atoms with Crippen LogP contribution in [0, 0.1) is 23.2 Å². The lowest BCUT2D eigenvalue weighted by Gasteiger charge is -2.59. The number of primary amides is 1. The first-order valence-electron chi connectivity index (χ1n) is 13.8. The molecule has 5 aliphatic rings. The summed E-state index contributed by atoms with van der Waals surface area (Å²) in [4.78, 5) is 38.9. The van der Waals surface area contributed by atoms with Gasteiger partial charge in [0.15, 0.2) is 0 Å². The van der Waals surface area contributed by atoms with Crippen LogP contribution in [-0.4, -0.2) is 79.5 Å². The van der Waals surface area contributed by atoms with Gasteiger partial charge < -0.3 is 35.5 Å². The van der Waals surface area contributed by atoms with Crippen molar-refractivity contribution < 1.29 is 28.6 Å². The molecule has 1 aromatic rings. The van der Waals surface area contributed by atoms with E-state index in [0.29, 0.717) is 62.0 Å². The Morgan fingerprint density at radius 3 is 2.54 bits per heavy atom. The summed E-state index contributed by atoms with van der Waals surface area (Å²) in [5, 5.41) is 10.7. The Morgan fingerprint density at radius 1 is 1.21 bits per heavy atom. The number of ether oxygens (including phenoxy) is 3. The van der Waals surface area contributed by atoms with Crippen molar-refractivity contribution in [2.24, 2.45) is 28.9 Å². The molecule has 5 fully saturated rings. The first-order valence-corrected chi connectivity index (χ1v) is 13.8. The molecule has 4 saturated carbocycles. The fourth-order valence-electron chi connectivity index (χ4n) is 7.39. The van der Waals surface area contributed by atoms with Gasteiger partial charge in [0, 0.05) is 30.7 Å². The molecular weight excluding hydrogens is 504 g/mol. The van der Waals surface area contributed by atoms with Crippen molar-refractivity contribution in [2.75, 3.05) is 44.9 Å². The summed E-state index contributed by atoms with van der Waals surface area (Å²) in [5.74, 6) is 1.87. The van der Waals surface area contributed by atoms with Crippen molar-refractivity contribution in [3.63, 3.8) is 0 Å². The van der Waals surface area contributed by atoms with Gasteiger partial charge in [0.25, 0.3) is 5.91 Å². The molecule has 1 saturated heterocycles. The van der Waals surface area contributed by atoms with Crippen molar-refractivity contribution in [1.29, 1.82) is 0 Å². The SMILES string of the molecule is COC(=O)NC(C)(C)C=Cn1ncc(C(=O)NC2C3CC4CC2CC(COC(N)=O)(C4)C3)c1N1CCOCC1. The molecular formula is C27H40N6O6. The van der Waals surface area contributed by atoms with Crippen molar-refractivity contribution >= 4 is 30.1 Å². The van der Waals surface area contributed by atoms with Gasteiger partial charge in [0.05, 0.1) is 38.7 Å². The molecule has 1 aromatic heterocycles. The van der Waals surface area contributed by atoms with Crippen molar-refractivity contribution in [3.8, 4) is 0 Å². The number of nitrogens with two attached hydrogens (primary N) is 1. The topological polar surface area (TPSA) is 150 Å². The van der Waals surface area contributed by atoms with E-state index in [2.05, 4.69) is 20.6 Å². The second-order valence-electron chi connectivity index (χ2n) is 12.2. The third kappa shape index (κ3) is 5.85.